The van der Waals surface area contributed by atoms with Crippen molar-refractivity contribution in [2.75, 3.05) is 6.61 Å². The van der Waals surface area contributed by atoms with E-state index < -0.39 is 18.0 Å². The number of aromatic nitrogens is 4. The van der Waals surface area contributed by atoms with Gasteiger partial charge in [0.2, 0.25) is 0 Å². The van der Waals surface area contributed by atoms with Crippen LogP contribution in [0.3, 0.4) is 0 Å². The van der Waals surface area contributed by atoms with Gasteiger partial charge in [-0.25, -0.2) is 14.4 Å². The van der Waals surface area contributed by atoms with Crippen molar-refractivity contribution >= 4 is 45.7 Å². The fourth-order valence-electron chi connectivity index (χ4n) is 6.14. The van der Waals surface area contributed by atoms with E-state index in [0.717, 1.165) is 55.2 Å². The second-order valence-corrected chi connectivity index (χ2v) is 11.3. The van der Waals surface area contributed by atoms with Crippen molar-refractivity contribution in [1.29, 1.82) is 0 Å². The zero-order chi connectivity index (χ0) is 30.7. The van der Waals surface area contributed by atoms with Crippen LogP contribution in [0.4, 0.5) is 4.79 Å². The molecule has 2 aromatic carbocycles. The third-order valence-electron chi connectivity index (χ3n) is 8.64. The predicted molar refractivity (Wildman–Crippen MR) is 159 cm³/mol. The lowest BCUT2D eigenvalue weighted by Gasteiger charge is -2.23. The Morgan fingerprint density at radius 3 is 2.16 bits per heavy atom. The molecule has 1 aliphatic carbocycles. The van der Waals surface area contributed by atoms with Crippen LogP contribution in [-0.2, 0) is 4.74 Å². The molecule has 2 aromatic heterocycles. The minimum absolute atomic E-state index is 0.00581. The Morgan fingerprint density at radius 2 is 1.51 bits per heavy atom. The summed E-state index contributed by atoms with van der Waals surface area (Å²) in [5, 5.41) is 28.3. The highest BCUT2D eigenvalue weighted by molar-refractivity contribution is 6.05. The van der Waals surface area contributed by atoms with Crippen LogP contribution >= 0.6 is 0 Å². The average Bonchev–Trinajstić information content (AvgIpc) is 3.61. The van der Waals surface area contributed by atoms with E-state index in [1.165, 1.54) is 4.68 Å². The lowest BCUT2D eigenvalue weighted by Crippen LogP contribution is -2.25. The van der Waals surface area contributed by atoms with E-state index in [0.29, 0.717) is 28.2 Å². The fourth-order valence-corrected chi connectivity index (χ4v) is 6.14. The van der Waals surface area contributed by atoms with Crippen LogP contribution in [0.15, 0.2) is 42.5 Å². The summed E-state index contributed by atoms with van der Waals surface area (Å²) in [7, 11) is 0. The maximum atomic E-state index is 13.4. The van der Waals surface area contributed by atoms with Gasteiger partial charge in [-0.1, -0.05) is 63.8 Å². The van der Waals surface area contributed by atoms with Crippen molar-refractivity contribution in [3.8, 4) is 0 Å². The molecule has 0 aliphatic heterocycles. The second-order valence-electron chi connectivity index (χ2n) is 11.3. The Labute approximate surface area is 248 Å². The molecule has 0 saturated heterocycles. The summed E-state index contributed by atoms with van der Waals surface area (Å²) in [5.74, 6) is -2.67. The molecule has 2 N–H and O–H groups in total. The molecule has 0 bridgehead atoms. The van der Waals surface area contributed by atoms with Gasteiger partial charge in [0.05, 0.1) is 17.6 Å². The molecule has 1 fully saturated rings. The van der Waals surface area contributed by atoms with Crippen LogP contribution in [0, 0.1) is 11.8 Å². The van der Waals surface area contributed by atoms with E-state index in [2.05, 4.69) is 17.1 Å². The number of benzene rings is 2. The highest BCUT2D eigenvalue weighted by Crippen LogP contribution is 2.33. The Balaban J connectivity index is 1.35. The topological polar surface area (TPSA) is 154 Å². The number of hydrogen-bond donors (Lipinski definition) is 2. The molecule has 2 atom stereocenters. The maximum Gasteiger partial charge on any atom is 0.435 e. The van der Waals surface area contributed by atoms with Crippen molar-refractivity contribution in [3.63, 3.8) is 0 Å². The molecule has 0 radical (unpaired) electrons. The van der Waals surface area contributed by atoms with Crippen molar-refractivity contribution in [3.05, 3.63) is 59.4 Å². The van der Waals surface area contributed by atoms with Gasteiger partial charge in [-0.05, 0) is 61.3 Å². The number of ether oxygens (including phenoxy) is 1. The minimum atomic E-state index is -1.23. The first-order valence-corrected chi connectivity index (χ1v) is 14.9. The first-order valence-electron chi connectivity index (χ1n) is 14.9. The Morgan fingerprint density at radius 1 is 0.860 bits per heavy atom. The average molecular weight is 589 g/mol. The fraction of sp³-hybridized carbons (Fsp3) is 0.438. The van der Waals surface area contributed by atoms with Gasteiger partial charge in [-0.15, -0.1) is 0 Å². The van der Waals surface area contributed by atoms with Crippen LogP contribution in [0.2, 0.25) is 0 Å². The normalized spacial score (nSPS) is 15.4. The molecular formula is C32H36N4O7. The second kappa shape index (κ2) is 12.8. The molecule has 1 aliphatic rings. The van der Waals surface area contributed by atoms with Gasteiger partial charge in [-0.3, -0.25) is 4.79 Å². The summed E-state index contributed by atoms with van der Waals surface area (Å²) in [5.41, 5.74) is 1.47. The molecule has 5 rings (SSSR count). The van der Waals surface area contributed by atoms with E-state index in [1.807, 2.05) is 19.1 Å². The summed E-state index contributed by atoms with van der Waals surface area (Å²) in [4.78, 5) is 50.0. The quantitative estimate of drug-likeness (QED) is 0.209. The highest BCUT2D eigenvalue weighted by Gasteiger charge is 2.28. The number of carboxylic acids is 2. The molecule has 2 unspecified atom stereocenters. The zero-order valence-corrected chi connectivity index (χ0v) is 24.4. The molecule has 2 heterocycles. The maximum absolute atomic E-state index is 13.4. The zero-order valence-electron chi connectivity index (χ0n) is 24.4. The van der Waals surface area contributed by atoms with Gasteiger partial charge in [0.25, 0.3) is 5.91 Å². The van der Waals surface area contributed by atoms with E-state index in [1.54, 1.807) is 30.3 Å². The molecule has 1 saturated carbocycles. The number of aromatic carboxylic acids is 2. The molecule has 0 spiro atoms. The Hall–Kier alpha value is -4.54. The smallest absolute Gasteiger partial charge is 0.435 e. The van der Waals surface area contributed by atoms with Crippen molar-refractivity contribution < 1.29 is 34.1 Å². The van der Waals surface area contributed by atoms with Gasteiger partial charge in [0.15, 0.2) is 11.4 Å². The number of carbonyl (C=O) groups excluding carboxylic acids is 2. The Kier molecular flexibility index (Phi) is 8.89. The third kappa shape index (κ3) is 6.02. The van der Waals surface area contributed by atoms with Gasteiger partial charge in [0.1, 0.15) is 0 Å². The Bertz CT molecular complexity index is 1680. The standard InChI is InChI=1S/C32H36N4O7/c1-3-19(18-43-32(42)36-25-13-9-8-12-23(25)27(34-36)30(38)39)16-20(4-2)22-14-15-24-26(17-22)35(33-28(24)31(40)41)29(37)21-10-6-5-7-11-21/h8-9,12-15,17,19-21H,3-7,10-11,16,18H2,1-2H3,(H,38,39)(H,40,41). The van der Waals surface area contributed by atoms with Gasteiger partial charge >= 0.3 is 18.0 Å². The van der Waals surface area contributed by atoms with E-state index in [9.17, 15) is 29.4 Å². The number of rotatable bonds is 10. The number of carboxylic acid groups (broad SMARTS) is 2. The molecule has 11 heteroatoms. The van der Waals surface area contributed by atoms with Crippen LogP contribution in [0.1, 0.15) is 102 Å². The molecule has 4 aromatic rings. The van der Waals surface area contributed by atoms with E-state index in [4.69, 9.17) is 4.74 Å². The molecule has 43 heavy (non-hydrogen) atoms. The van der Waals surface area contributed by atoms with Crippen molar-refractivity contribution in [2.24, 2.45) is 11.8 Å². The molecule has 226 valence electrons. The number of nitrogens with zero attached hydrogens (tertiary/aromatic N) is 4. The first kappa shape index (κ1) is 29.9. The monoisotopic (exact) mass is 588 g/mol. The number of para-hydroxylation sites is 1. The summed E-state index contributed by atoms with van der Waals surface area (Å²) in [6.07, 6.45) is 6.06. The van der Waals surface area contributed by atoms with E-state index in [-0.39, 0.29) is 41.7 Å². The highest BCUT2D eigenvalue weighted by atomic mass is 16.6. The molecular weight excluding hydrogens is 552 g/mol. The minimum Gasteiger partial charge on any atom is -0.476 e. The summed E-state index contributed by atoms with van der Waals surface area (Å²) in [6, 6.07) is 12.1. The SMILES string of the molecule is CCC(COC(=O)n1nc(C(=O)O)c2ccccc21)CC(CC)c1ccc2c(C(=O)O)nn(C(=O)C3CCCCC3)c2c1. The number of fused-ring (bicyclic) bond motifs is 2. The number of hydrogen-bond acceptors (Lipinski definition) is 7. The summed E-state index contributed by atoms with van der Waals surface area (Å²) >= 11 is 0. The van der Waals surface area contributed by atoms with Crippen LogP contribution < -0.4 is 0 Å². The van der Waals surface area contributed by atoms with Crippen LogP contribution in [0.25, 0.3) is 21.8 Å². The van der Waals surface area contributed by atoms with Gasteiger partial charge in [-0.2, -0.15) is 19.6 Å². The summed E-state index contributed by atoms with van der Waals surface area (Å²) in [6.45, 7) is 4.19. The van der Waals surface area contributed by atoms with Gasteiger partial charge < -0.3 is 14.9 Å². The summed E-state index contributed by atoms with van der Waals surface area (Å²) < 4.78 is 7.91. The molecule has 11 nitrogen and oxygen atoms in total. The third-order valence-corrected chi connectivity index (χ3v) is 8.64. The van der Waals surface area contributed by atoms with Crippen LogP contribution in [0.5, 0.6) is 0 Å². The molecule has 0 amide bonds. The van der Waals surface area contributed by atoms with Crippen LogP contribution in [-0.4, -0.2) is 60.3 Å². The lowest BCUT2D eigenvalue weighted by molar-refractivity contribution is 0.0678. The van der Waals surface area contributed by atoms with Crippen molar-refractivity contribution in [1.82, 2.24) is 19.6 Å². The predicted octanol–water partition coefficient (Wildman–Crippen LogP) is 6.60. The van der Waals surface area contributed by atoms with E-state index >= 15 is 0 Å². The lowest BCUT2D eigenvalue weighted by atomic mass is 9.85. The first-order chi connectivity index (χ1) is 20.7. The van der Waals surface area contributed by atoms with Crippen molar-refractivity contribution in [2.45, 2.75) is 71.1 Å². The largest absolute Gasteiger partial charge is 0.476 e. The van der Waals surface area contributed by atoms with Gasteiger partial charge in [0, 0.05) is 16.7 Å². The number of carbonyl (C=O) groups is 4.